The van der Waals surface area contributed by atoms with E-state index >= 15 is 0 Å². The Hall–Kier alpha value is -1.39. The fraction of sp³-hybridized carbons (Fsp3) is 0.611. The van der Waals surface area contributed by atoms with E-state index in [9.17, 15) is 4.79 Å². The molecule has 4 heteroatoms. The molecule has 0 radical (unpaired) electrons. The van der Waals surface area contributed by atoms with Crippen molar-refractivity contribution < 1.29 is 4.79 Å². The third kappa shape index (κ3) is 4.55. The minimum absolute atomic E-state index is 0.143. The van der Waals surface area contributed by atoms with Crippen molar-refractivity contribution in [3.63, 3.8) is 0 Å². The van der Waals surface area contributed by atoms with E-state index in [0.717, 1.165) is 32.5 Å². The maximum absolute atomic E-state index is 13.0. The number of amides is 1. The summed E-state index contributed by atoms with van der Waals surface area (Å²) in [7, 11) is 1.88. The molecule has 1 aromatic rings. The minimum Gasteiger partial charge on any atom is -0.336 e. The van der Waals surface area contributed by atoms with Gasteiger partial charge in [0, 0.05) is 25.7 Å². The second-order valence-electron chi connectivity index (χ2n) is 6.55. The van der Waals surface area contributed by atoms with Crippen LogP contribution in [0.4, 0.5) is 0 Å². The number of nitrogens with zero attached hydrogens (tertiary/aromatic N) is 1. The molecule has 0 aliphatic carbocycles. The van der Waals surface area contributed by atoms with Crippen molar-refractivity contribution in [2.45, 2.75) is 38.8 Å². The molecule has 1 fully saturated rings. The molecule has 1 aliphatic heterocycles. The van der Waals surface area contributed by atoms with Crippen LogP contribution in [0.1, 0.15) is 25.8 Å². The lowest BCUT2D eigenvalue weighted by atomic mass is 9.98. The lowest BCUT2D eigenvalue weighted by Crippen LogP contribution is -2.58. The molecule has 1 heterocycles. The van der Waals surface area contributed by atoms with Gasteiger partial charge in [-0.2, -0.15) is 0 Å². The third-order valence-corrected chi connectivity index (χ3v) is 4.31. The number of nitrogens with one attached hydrogen (secondary N) is 2. The fourth-order valence-electron chi connectivity index (χ4n) is 3.17. The first-order valence-electron chi connectivity index (χ1n) is 8.34. The topological polar surface area (TPSA) is 44.4 Å². The van der Waals surface area contributed by atoms with Gasteiger partial charge >= 0.3 is 0 Å². The van der Waals surface area contributed by atoms with Crippen LogP contribution in [0.2, 0.25) is 0 Å². The van der Waals surface area contributed by atoms with E-state index < -0.39 is 0 Å². The number of hydrogen-bond acceptors (Lipinski definition) is 3. The molecule has 1 saturated heterocycles. The summed E-state index contributed by atoms with van der Waals surface area (Å²) in [4.78, 5) is 15.0. The van der Waals surface area contributed by atoms with Crippen molar-refractivity contribution in [1.82, 2.24) is 15.5 Å². The largest absolute Gasteiger partial charge is 0.336 e. The normalized spacial score (nSPS) is 20.2. The highest BCUT2D eigenvalue weighted by atomic mass is 16.2. The molecule has 1 amide bonds. The minimum atomic E-state index is -0.143. The van der Waals surface area contributed by atoms with E-state index in [1.807, 2.05) is 25.2 Å². The molecule has 1 aromatic carbocycles. The second-order valence-corrected chi connectivity index (χ2v) is 6.55. The molecule has 0 saturated carbocycles. The van der Waals surface area contributed by atoms with Crippen LogP contribution in [0.3, 0.4) is 0 Å². The summed E-state index contributed by atoms with van der Waals surface area (Å²) in [6.07, 6.45) is 1.80. The van der Waals surface area contributed by atoms with Crippen LogP contribution in [0.5, 0.6) is 0 Å². The number of rotatable bonds is 6. The summed E-state index contributed by atoms with van der Waals surface area (Å²) >= 11 is 0. The standard InChI is InChI=1S/C18H29N3O/c1-14(2)11-16-13-20-9-10-21(16)18(22)17(19-3)12-15-7-5-4-6-8-15/h4-8,14,16-17,19-20H,9-13H2,1-3H3. The van der Waals surface area contributed by atoms with Gasteiger partial charge in [-0.25, -0.2) is 0 Å². The predicted molar refractivity (Wildman–Crippen MR) is 90.8 cm³/mol. The summed E-state index contributed by atoms with van der Waals surface area (Å²) in [6.45, 7) is 7.05. The quantitative estimate of drug-likeness (QED) is 0.840. The highest BCUT2D eigenvalue weighted by Crippen LogP contribution is 2.16. The van der Waals surface area contributed by atoms with Gasteiger partial charge in [-0.05, 0) is 31.4 Å². The molecule has 2 unspecified atom stereocenters. The van der Waals surface area contributed by atoms with Gasteiger partial charge in [0.25, 0.3) is 0 Å². The highest BCUT2D eigenvalue weighted by molar-refractivity contribution is 5.82. The number of piperazine rings is 1. The average Bonchev–Trinajstić information content (AvgIpc) is 2.53. The number of carbonyl (C=O) groups excluding carboxylic acids is 1. The maximum Gasteiger partial charge on any atom is 0.240 e. The van der Waals surface area contributed by atoms with E-state index in [-0.39, 0.29) is 11.9 Å². The first kappa shape index (κ1) is 17.0. The van der Waals surface area contributed by atoms with Crippen LogP contribution < -0.4 is 10.6 Å². The molecule has 2 rings (SSSR count). The van der Waals surface area contributed by atoms with E-state index in [4.69, 9.17) is 0 Å². The van der Waals surface area contributed by atoms with Crippen molar-refractivity contribution in [2.75, 3.05) is 26.7 Å². The SMILES string of the molecule is CNC(Cc1ccccc1)C(=O)N1CCNCC1CC(C)C. The van der Waals surface area contributed by atoms with Gasteiger partial charge in [-0.15, -0.1) is 0 Å². The molecular formula is C18H29N3O. The summed E-state index contributed by atoms with van der Waals surface area (Å²) in [5, 5.41) is 6.63. The molecule has 4 nitrogen and oxygen atoms in total. The Kier molecular flexibility index (Phi) is 6.40. The third-order valence-electron chi connectivity index (χ3n) is 4.31. The predicted octanol–water partition coefficient (Wildman–Crippen LogP) is 1.66. The number of likely N-dealkylation sites (N-methyl/N-ethyl adjacent to an activating group) is 1. The van der Waals surface area contributed by atoms with Gasteiger partial charge < -0.3 is 15.5 Å². The van der Waals surface area contributed by atoms with E-state index in [1.165, 1.54) is 5.56 Å². The molecule has 0 spiro atoms. The van der Waals surface area contributed by atoms with E-state index in [2.05, 4.69) is 41.5 Å². The molecule has 0 aromatic heterocycles. The van der Waals surface area contributed by atoms with Gasteiger partial charge in [0.1, 0.15) is 0 Å². The first-order valence-corrected chi connectivity index (χ1v) is 8.34. The van der Waals surface area contributed by atoms with Crippen LogP contribution in [-0.2, 0) is 11.2 Å². The smallest absolute Gasteiger partial charge is 0.240 e. The van der Waals surface area contributed by atoms with Crippen LogP contribution in [0, 0.1) is 5.92 Å². The van der Waals surface area contributed by atoms with Gasteiger partial charge in [0.15, 0.2) is 0 Å². The lowest BCUT2D eigenvalue weighted by molar-refractivity contribution is -0.136. The zero-order valence-electron chi connectivity index (χ0n) is 14.0. The fourth-order valence-corrected chi connectivity index (χ4v) is 3.17. The Bertz CT molecular complexity index is 461. The molecular weight excluding hydrogens is 274 g/mol. The molecule has 1 aliphatic rings. The van der Waals surface area contributed by atoms with Crippen LogP contribution in [0.15, 0.2) is 30.3 Å². The van der Waals surface area contributed by atoms with E-state index in [1.54, 1.807) is 0 Å². The molecule has 2 N–H and O–H groups in total. The number of benzene rings is 1. The van der Waals surface area contributed by atoms with Gasteiger partial charge in [-0.3, -0.25) is 4.79 Å². The van der Waals surface area contributed by atoms with Crippen LogP contribution in [-0.4, -0.2) is 49.6 Å². The Morgan fingerprint density at radius 3 is 2.73 bits per heavy atom. The zero-order valence-corrected chi connectivity index (χ0v) is 14.0. The summed E-state index contributed by atoms with van der Waals surface area (Å²) in [6, 6.07) is 10.4. The molecule has 2 atom stereocenters. The molecule has 22 heavy (non-hydrogen) atoms. The lowest BCUT2D eigenvalue weighted by Gasteiger charge is -2.39. The number of hydrogen-bond donors (Lipinski definition) is 2. The second kappa shape index (κ2) is 8.30. The van der Waals surface area contributed by atoms with Crippen molar-refractivity contribution in [2.24, 2.45) is 5.92 Å². The maximum atomic E-state index is 13.0. The Labute approximate surface area is 134 Å². The summed E-state index contributed by atoms with van der Waals surface area (Å²) in [5.74, 6) is 0.834. The van der Waals surface area contributed by atoms with Gasteiger partial charge in [0.2, 0.25) is 5.91 Å². The van der Waals surface area contributed by atoms with Crippen molar-refractivity contribution in [3.05, 3.63) is 35.9 Å². The monoisotopic (exact) mass is 303 g/mol. The van der Waals surface area contributed by atoms with Gasteiger partial charge in [-0.1, -0.05) is 44.2 Å². The van der Waals surface area contributed by atoms with Crippen molar-refractivity contribution in [1.29, 1.82) is 0 Å². The van der Waals surface area contributed by atoms with E-state index in [0.29, 0.717) is 12.0 Å². The van der Waals surface area contributed by atoms with Crippen LogP contribution in [0.25, 0.3) is 0 Å². The Morgan fingerprint density at radius 1 is 1.36 bits per heavy atom. The molecule has 0 bridgehead atoms. The van der Waals surface area contributed by atoms with Gasteiger partial charge in [0.05, 0.1) is 6.04 Å². The Morgan fingerprint density at radius 2 is 2.09 bits per heavy atom. The van der Waals surface area contributed by atoms with Crippen molar-refractivity contribution >= 4 is 5.91 Å². The zero-order chi connectivity index (χ0) is 15.9. The Balaban J connectivity index is 2.05. The summed E-state index contributed by atoms with van der Waals surface area (Å²) in [5.41, 5.74) is 1.20. The van der Waals surface area contributed by atoms with Crippen molar-refractivity contribution in [3.8, 4) is 0 Å². The molecule has 122 valence electrons. The number of carbonyl (C=O) groups is 1. The average molecular weight is 303 g/mol. The summed E-state index contributed by atoms with van der Waals surface area (Å²) < 4.78 is 0. The van der Waals surface area contributed by atoms with Crippen LogP contribution >= 0.6 is 0 Å². The first-order chi connectivity index (χ1) is 10.6. The highest BCUT2D eigenvalue weighted by Gasteiger charge is 2.31.